The van der Waals surface area contributed by atoms with Crippen LogP contribution in [0.4, 0.5) is 0 Å². The molecule has 130 valence electrons. The summed E-state index contributed by atoms with van der Waals surface area (Å²) in [7, 11) is 0. The minimum Gasteiger partial charge on any atom is -0.465 e. The fourth-order valence-corrected chi connectivity index (χ4v) is 5.64. The lowest BCUT2D eigenvalue weighted by atomic mass is 9.62. The summed E-state index contributed by atoms with van der Waals surface area (Å²) in [6.07, 6.45) is 11.1. The van der Waals surface area contributed by atoms with Crippen molar-refractivity contribution in [1.82, 2.24) is 0 Å². The molecule has 0 radical (unpaired) electrons. The molecule has 0 aromatic carbocycles. The first-order valence-corrected chi connectivity index (χ1v) is 9.71. The van der Waals surface area contributed by atoms with Crippen molar-refractivity contribution in [3.8, 4) is 0 Å². The number of carbonyl (C=O) groups excluding carboxylic acids is 2. The van der Waals surface area contributed by atoms with E-state index in [1.807, 2.05) is 6.92 Å². The van der Waals surface area contributed by atoms with Crippen LogP contribution in [0.1, 0.15) is 78.1 Å². The molecule has 3 nitrogen and oxygen atoms in total. The first-order valence-electron chi connectivity index (χ1n) is 9.71. The average molecular weight is 320 g/mol. The Hall–Kier alpha value is -0.860. The largest absolute Gasteiger partial charge is 0.465 e. The third-order valence-electron chi connectivity index (χ3n) is 7.10. The van der Waals surface area contributed by atoms with Gasteiger partial charge in [-0.1, -0.05) is 33.1 Å². The van der Waals surface area contributed by atoms with E-state index in [4.69, 9.17) is 4.74 Å². The molecule has 0 unspecified atom stereocenters. The van der Waals surface area contributed by atoms with Gasteiger partial charge in [0.1, 0.15) is 5.78 Å². The highest BCUT2D eigenvalue weighted by Gasteiger charge is 2.53. The molecule has 23 heavy (non-hydrogen) atoms. The molecule has 0 aliphatic heterocycles. The van der Waals surface area contributed by atoms with Gasteiger partial charge in [0.15, 0.2) is 0 Å². The summed E-state index contributed by atoms with van der Waals surface area (Å²) in [5, 5.41) is 0. The van der Waals surface area contributed by atoms with Gasteiger partial charge in [0.05, 0.1) is 12.5 Å². The molecule has 0 aromatic rings. The molecule has 4 atom stereocenters. The maximum atomic E-state index is 12.6. The van der Waals surface area contributed by atoms with Gasteiger partial charge in [-0.15, -0.1) is 0 Å². The normalized spacial score (nSPS) is 36.5. The second-order valence-corrected chi connectivity index (χ2v) is 8.48. The zero-order chi connectivity index (χ0) is 16.4. The molecule has 0 bridgehead atoms. The van der Waals surface area contributed by atoms with E-state index in [2.05, 4.69) is 6.92 Å². The van der Waals surface area contributed by atoms with E-state index in [1.54, 1.807) is 0 Å². The predicted molar refractivity (Wildman–Crippen MR) is 89.9 cm³/mol. The van der Waals surface area contributed by atoms with Crippen molar-refractivity contribution in [2.45, 2.75) is 78.1 Å². The second kappa shape index (κ2) is 6.94. The van der Waals surface area contributed by atoms with E-state index < -0.39 is 0 Å². The number of ether oxygens (including phenoxy) is 1. The van der Waals surface area contributed by atoms with Crippen LogP contribution >= 0.6 is 0 Å². The molecule has 3 heteroatoms. The summed E-state index contributed by atoms with van der Waals surface area (Å²) in [6, 6.07) is 0. The minimum atomic E-state index is -0.0699. The van der Waals surface area contributed by atoms with Gasteiger partial charge < -0.3 is 4.74 Å². The third-order valence-corrected chi connectivity index (χ3v) is 7.10. The standard InChI is InChI=1S/C20H32O3/c1-14(19(22)23-13-15-7-4-3-5-8-15)16-10-11-17-18(21)9-6-12-20(16,17)2/h14-17H,3-13H2,1-2H3/t14-,16+,17-,20+/m0/s1. The number of rotatable bonds is 4. The fraction of sp³-hybridized carbons (Fsp3) is 0.900. The Morgan fingerprint density at radius 2 is 1.91 bits per heavy atom. The zero-order valence-corrected chi connectivity index (χ0v) is 14.8. The number of Topliss-reactive ketones (excluding diaryl/α,β-unsaturated/α-hetero) is 1. The van der Waals surface area contributed by atoms with Crippen LogP contribution in [0.3, 0.4) is 0 Å². The van der Waals surface area contributed by atoms with Crippen LogP contribution in [0, 0.1) is 29.1 Å². The summed E-state index contributed by atoms with van der Waals surface area (Å²) in [6.45, 7) is 4.88. The van der Waals surface area contributed by atoms with Gasteiger partial charge in [0.2, 0.25) is 0 Å². The smallest absolute Gasteiger partial charge is 0.308 e. The second-order valence-electron chi connectivity index (χ2n) is 8.48. The van der Waals surface area contributed by atoms with Crippen molar-refractivity contribution >= 4 is 11.8 Å². The lowest BCUT2D eigenvalue weighted by molar-refractivity contribution is -0.154. The topological polar surface area (TPSA) is 43.4 Å². The predicted octanol–water partition coefficient (Wildman–Crippen LogP) is 4.53. The SMILES string of the molecule is C[C@H](C(=O)OCC1CCCCC1)[C@H]1CC[C@H]2C(=O)CCC[C@]12C. The van der Waals surface area contributed by atoms with E-state index in [0.29, 0.717) is 24.2 Å². The van der Waals surface area contributed by atoms with Gasteiger partial charge in [0, 0.05) is 12.3 Å². The molecule has 3 aliphatic rings. The van der Waals surface area contributed by atoms with Crippen LogP contribution in [-0.2, 0) is 14.3 Å². The van der Waals surface area contributed by atoms with Crippen LogP contribution in [0.5, 0.6) is 0 Å². The molecule has 0 aromatic heterocycles. The molecule has 0 N–H and O–H groups in total. The lowest BCUT2D eigenvalue weighted by Crippen LogP contribution is -2.41. The number of ketones is 1. The molecule has 0 heterocycles. The van der Waals surface area contributed by atoms with E-state index >= 15 is 0 Å². The van der Waals surface area contributed by atoms with Crippen molar-refractivity contribution in [2.75, 3.05) is 6.61 Å². The minimum absolute atomic E-state index is 0.0264. The molecular weight excluding hydrogens is 288 g/mol. The highest BCUT2D eigenvalue weighted by Crippen LogP contribution is 2.56. The van der Waals surface area contributed by atoms with Crippen LogP contribution in [0.25, 0.3) is 0 Å². The van der Waals surface area contributed by atoms with E-state index in [-0.39, 0.29) is 23.2 Å². The van der Waals surface area contributed by atoms with Crippen molar-refractivity contribution in [3.63, 3.8) is 0 Å². The summed E-state index contributed by atoms with van der Waals surface area (Å²) < 4.78 is 5.68. The van der Waals surface area contributed by atoms with E-state index in [1.165, 1.54) is 32.1 Å². The number of esters is 1. The molecule has 3 saturated carbocycles. The Morgan fingerprint density at radius 1 is 1.17 bits per heavy atom. The van der Waals surface area contributed by atoms with Crippen molar-refractivity contribution in [3.05, 3.63) is 0 Å². The Bertz CT molecular complexity index is 452. The molecule has 0 spiro atoms. The van der Waals surface area contributed by atoms with Crippen LogP contribution in [0.2, 0.25) is 0 Å². The summed E-state index contributed by atoms with van der Waals surface area (Å²) in [5.41, 5.74) is 0.0264. The lowest BCUT2D eigenvalue weighted by Gasteiger charge is -2.41. The van der Waals surface area contributed by atoms with E-state index in [9.17, 15) is 9.59 Å². The van der Waals surface area contributed by atoms with Crippen LogP contribution in [-0.4, -0.2) is 18.4 Å². The first-order chi connectivity index (χ1) is 11.0. The monoisotopic (exact) mass is 320 g/mol. The average Bonchev–Trinajstić information content (AvgIpc) is 2.91. The molecule has 0 amide bonds. The number of hydrogen-bond donors (Lipinski definition) is 0. The molecule has 3 aliphatic carbocycles. The summed E-state index contributed by atoms with van der Waals surface area (Å²) in [5.74, 6) is 1.41. The maximum absolute atomic E-state index is 12.6. The van der Waals surface area contributed by atoms with Crippen molar-refractivity contribution < 1.29 is 14.3 Å². The Morgan fingerprint density at radius 3 is 2.65 bits per heavy atom. The number of hydrogen-bond acceptors (Lipinski definition) is 3. The quantitative estimate of drug-likeness (QED) is 0.715. The Balaban J connectivity index is 1.57. The molecule has 0 saturated heterocycles. The van der Waals surface area contributed by atoms with Crippen molar-refractivity contribution in [2.24, 2.45) is 29.1 Å². The zero-order valence-electron chi connectivity index (χ0n) is 14.8. The molecular formula is C20H32O3. The Kier molecular flexibility index (Phi) is 5.13. The highest BCUT2D eigenvalue weighted by molar-refractivity contribution is 5.83. The van der Waals surface area contributed by atoms with Gasteiger partial charge in [-0.3, -0.25) is 9.59 Å². The highest BCUT2D eigenvalue weighted by atomic mass is 16.5. The number of fused-ring (bicyclic) bond motifs is 1. The van der Waals surface area contributed by atoms with Gasteiger partial charge in [0.25, 0.3) is 0 Å². The summed E-state index contributed by atoms with van der Waals surface area (Å²) in [4.78, 5) is 24.8. The Labute approximate surface area is 140 Å². The fourth-order valence-electron chi connectivity index (χ4n) is 5.64. The van der Waals surface area contributed by atoms with E-state index in [0.717, 1.165) is 32.1 Å². The third kappa shape index (κ3) is 3.34. The van der Waals surface area contributed by atoms with Crippen LogP contribution < -0.4 is 0 Å². The first kappa shape index (κ1) is 17.0. The van der Waals surface area contributed by atoms with Crippen LogP contribution in [0.15, 0.2) is 0 Å². The summed E-state index contributed by atoms with van der Waals surface area (Å²) >= 11 is 0. The number of carbonyl (C=O) groups is 2. The maximum Gasteiger partial charge on any atom is 0.308 e. The van der Waals surface area contributed by atoms with Gasteiger partial charge in [-0.2, -0.15) is 0 Å². The van der Waals surface area contributed by atoms with Gasteiger partial charge >= 0.3 is 5.97 Å². The van der Waals surface area contributed by atoms with Gasteiger partial charge in [-0.05, 0) is 55.8 Å². The molecule has 3 fully saturated rings. The van der Waals surface area contributed by atoms with Gasteiger partial charge in [-0.25, -0.2) is 0 Å². The molecule has 3 rings (SSSR count). The van der Waals surface area contributed by atoms with Crippen molar-refractivity contribution in [1.29, 1.82) is 0 Å².